The Morgan fingerprint density at radius 1 is 1.11 bits per heavy atom. The SMILES string of the molecule is COCCNCC(CCOC)c1ccc(F)cc1. The molecule has 102 valence electrons. The first-order chi connectivity index (χ1) is 8.77. The Morgan fingerprint density at radius 2 is 1.78 bits per heavy atom. The van der Waals surface area contributed by atoms with Gasteiger partial charge < -0.3 is 14.8 Å². The molecular weight excluding hydrogens is 233 g/mol. The minimum atomic E-state index is -0.198. The maximum Gasteiger partial charge on any atom is 0.123 e. The van der Waals surface area contributed by atoms with E-state index in [0.29, 0.717) is 19.1 Å². The number of methoxy groups -OCH3 is 2. The van der Waals surface area contributed by atoms with Crippen molar-refractivity contribution in [1.82, 2.24) is 5.32 Å². The summed E-state index contributed by atoms with van der Waals surface area (Å²) in [5, 5.41) is 3.33. The first-order valence-electron chi connectivity index (χ1n) is 6.22. The molecule has 1 unspecified atom stereocenters. The van der Waals surface area contributed by atoms with Crippen LogP contribution in [0.1, 0.15) is 17.9 Å². The van der Waals surface area contributed by atoms with E-state index in [9.17, 15) is 4.39 Å². The molecule has 0 spiro atoms. The van der Waals surface area contributed by atoms with E-state index in [2.05, 4.69) is 5.32 Å². The Labute approximate surface area is 108 Å². The molecule has 0 heterocycles. The number of halogens is 1. The predicted octanol–water partition coefficient (Wildman–Crippen LogP) is 2.18. The van der Waals surface area contributed by atoms with Crippen LogP contribution < -0.4 is 5.32 Å². The average Bonchev–Trinajstić information content (AvgIpc) is 2.39. The standard InChI is InChI=1S/C14H22FNO2/c1-17-9-7-13(11-16-8-10-18-2)12-3-5-14(15)6-4-12/h3-6,13,16H,7-11H2,1-2H3. The molecule has 1 rings (SSSR count). The van der Waals surface area contributed by atoms with Crippen molar-refractivity contribution in [2.24, 2.45) is 0 Å². The fraction of sp³-hybridized carbons (Fsp3) is 0.571. The molecule has 0 aromatic heterocycles. The zero-order valence-electron chi connectivity index (χ0n) is 11.1. The third-order valence-corrected chi connectivity index (χ3v) is 2.89. The molecule has 0 fully saturated rings. The number of hydrogen-bond donors (Lipinski definition) is 1. The molecule has 0 bridgehead atoms. The fourth-order valence-electron chi connectivity index (χ4n) is 1.83. The Balaban J connectivity index is 2.51. The molecule has 0 aliphatic rings. The van der Waals surface area contributed by atoms with Crippen LogP contribution in [0.4, 0.5) is 4.39 Å². The van der Waals surface area contributed by atoms with Crippen LogP contribution >= 0.6 is 0 Å². The van der Waals surface area contributed by atoms with Gasteiger partial charge in [-0.1, -0.05) is 12.1 Å². The van der Waals surface area contributed by atoms with Crippen LogP contribution in [0.3, 0.4) is 0 Å². The third-order valence-electron chi connectivity index (χ3n) is 2.89. The Kier molecular flexibility index (Phi) is 7.57. The van der Waals surface area contributed by atoms with Gasteiger partial charge in [-0.2, -0.15) is 0 Å². The van der Waals surface area contributed by atoms with E-state index in [1.54, 1.807) is 14.2 Å². The lowest BCUT2D eigenvalue weighted by atomic mass is 9.96. The zero-order chi connectivity index (χ0) is 13.2. The molecule has 1 aromatic rings. The molecule has 0 saturated carbocycles. The first-order valence-corrected chi connectivity index (χ1v) is 6.22. The molecule has 1 atom stereocenters. The third kappa shape index (κ3) is 5.58. The smallest absolute Gasteiger partial charge is 0.123 e. The van der Waals surface area contributed by atoms with Gasteiger partial charge in [-0.25, -0.2) is 4.39 Å². The van der Waals surface area contributed by atoms with E-state index in [1.807, 2.05) is 12.1 Å². The molecule has 0 amide bonds. The van der Waals surface area contributed by atoms with Gasteiger partial charge >= 0.3 is 0 Å². The van der Waals surface area contributed by atoms with Crippen LogP contribution in [0.5, 0.6) is 0 Å². The summed E-state index contributed by atoms with van der Waals surface area (Å²) in [6.45, 7) is 3.06. The van der Waals surface area contributed by atoms with E-state index in [4.69, 9.17) is 9.47 Å². The summed E-state index contributed by atoms with van der Waals surface area (Å²) < 4.78 is 23.0. The molecular formula is C14H22FNO2. The molecule has 0 radical (unpaired) electrons. The Morgan fingerprint density at radius 3 is 2.39 bits per heavy atom. The van der Waals surface area contributed by atoms with Crippen molar-refractivity contribution in [3.8, 4) is 0 Å². The highest BCUT2D eigenvalue weighted by atomic mass is 19.1. The minimum absolute atomic E-state index is 0.198. The van der Waals surface area contributed by atoms with Gasteiger partial charge in [0.05, 0.1) is 6.61 Å². The van der Waals surface area contributed by atoms with E-state index in [-0.39, 0.29) is 5.82 Å². The van der Waals surface area contributed by atoms with Crippen molar-refractivity contribution < 1.29 is 13.9 Å². The maximum absolute atomic E-state index is 12.9. The topological polar surface area (TPSA) is 30.5 Å². The van der Waals surface area contributed by atoms with Gasteiger partial charge in [0.1, 0.15) is 5.82 Å². The number of ether oxygens (including phenoxy) is 2. The number of rotatable bonds is 9. The number of benzene rings is 1. The number of nitrogens with one attached hydrogen (secondary N) is 1. The molecule has 0 aliphatic carbocycles. The van der Waals surface area contributed by atoms with E-state index >= 15 is 0 Å². The van der Waals surface area contributed by atoms with E-state index < -0.39 is 0 Å². The van der Waals surface area contributed by atoms with Crippen molar-refractivity contribution in [3.05, 3.63) is 35.6 Å². The van der Waals surface area contributed by atoms with Gasteiger partial charge in [0.15, 0.2) is 0 Å². The van der Waals surface area contributed by atoms with E-state index in [1.165, 1.54) is 12.1 Å². The van der Waals surface area contributed by atoms with Gasteiger partial charge in [-0.15, -0.1) is 0 Å². The highest BCUT2D eigenvalue weighted by molar-refractivity contribution is 5.20. The first kappa shape index (κ1) is 15.1. The highest BCUT2D eigenvalue weighted by Gasteiger charge is 2.11. The lowest BCUT2D eigenvalue weighted by Gasteiger charge is -2.17. The molecule has 18 heavy (non-hydrogen) atoms. The van der Waals surface area contributed by atoms with Crippen LogP contribution in [-0.4, -0.2) is 40.5 Å². The van der Waals surface area contributed by atoms with Gasteiger partial charge in [-0.05, 0) is 30.0 Å². The predicted molar refractivity (Wildman–Crippen MR) is 70.4 cm³/mol. The normalized spacial score (nSPS) is 12.6. The second-order valence-electron chi connectivity index (χ2n) is 4.23. The molecule has 1 aromatic carbocycles. The Hall–Kier alpha value is -0.970. The van der Waals surface area contributed by atoms with Crippen LogP contribution in [0.25, 0.3) is 0 Å². The summed E-state index contributed by atoms with van der Waals surface area (Å²) in [5.74, 6) is 0.138. The fourth-order valence-corrected chi connectivity index (χ4v) is 1.83. The average molecular weight is 255 g/mol. The van der Waals surface area contributed by atoms with Crippen molar-refractivity contribution in [3.63, 3.8) is 0 Å². The van der Waals surface area contributed by atoms with Crippen LogP contribution in [-0.2, 0) is 9.47 Å². The van der Waals surface area contributed by atoms with Crippen LogP contribution in [0.15, 0.2) is 24.3 Å². The highest BCUT2D eigenvalue weighted by Crippen LogP contribution is 2.19. The summed E-state index contributed by atoms with van der Waals surface area (Å²) in [4.78, 5) is 0. The molecule has 0 aliphatic heterocycles. The molecule has 3 nitrogen and oxygen atoms in total. The Bertz CT molecular complexity index is 316. The van der Waals surface area contributed by atoms with Gasteiger partial charge in [0, 0.05) is 33.9 Å². The minimum Gasteiger partial charge on any atom is -0.385 e. The van der Waals surface area contributed by atoms with Crippen LogP contribution in [0.2, 0.25) is 0 Å². The van der Waals surface area contributed by atoms with Crippen molar-refractivity contribution >= 4 is 0 Å². The second kappa shape index (κ2) is 9.03. The monoisotopic (exact) mass is 255 g/mol. The van der Waals surface area contributed by atoms with Gasteiger partial charge in [-0.3, -0.25) is 0 Å². The van der Waals surface area contributed by atoms with Crippen molar-refractivity contribution in [2.45, 2.75) is 12.3 Å². The number of hydrogen-bond acceptors (Lipinski definition) is 3. The van der Waals surface area contributed by atoms with Gasteiger partial charge in [0.25, 0.3) is 0 Å². The van der Waals surface area contributed by atoms with Crippen LogP contribution in [0, 0.1) is 5.82 Å². The lowest BCUT2D eigenvalue weighted by Crippen LogP contribution is -2.25. The lowest BCUT2D eigenvalue weighted by molar-refractivity contribution is 0.183. The van der Waals surface area contributed by atoms with Gasteiger partial charge in [0.2, 0.25) is 0 Å². The van der Waals surface area contributed by atoms with Crippen molar-refractivity contribution in [1.29, 1.82) is 0 Å². The van der Waals surface area contributed by atoms with Crippen molar-refractivity contribution in [2.75, 3.05) is 40.5 Å². The zero-order valence-corrected chi connectivity index (χ0v) is 11.1. The summed E-state index contributed by atoms with van der Waals surface area (Å²) in [6, 6.07) is 6.69. The second-order valence-corrected chi connectivity index (χ2v) is 4.23. The quantitative estimate of drug-likeness (QED) is 0.686. The summed E-state index contributed by atoms with van der Waals surface area (Å²) in [6.07, 6.45) is 0.919. The molecule has 4 heteroatoms. The summed E-state index contributed by atoms with van der Waals surface area (Å²) in [7, 11) is 3.38. The van der Waals surface area contributed by atoms with E-state index in [0.717, 1.165) is 25.1 Å². The molecule has 0 saturated heterocycles. The largest absolute Gasteiger partial charge is 0.385 e. The molecule has 1 N–H and O–H groups in total. The maximum atomic E-state index is 12.9. The summed E-state index contributed by atoms with van der Waals surface area (Å²) >= 11 is 0. The summed E-state index contributed by atoms with van der Waals surface area (Å²) in [5.41, 5.74) is 1.14.